The summed E-state index contributed by atoms with van der Waals surface area (Å²) in [5.41, 5.74) is 8.11. The SMILES string of the molecule is Cc1ccc2cc(NCCC(C)CN)ccc2c1. The minimum absolute atomic E-state index is 0.584. The maximum atomic E-state index is 5.61. The molecule has 96 valence electrons. The van der Waals surface area contributed by atoms with Gasteiger partial charge in [0.25, 0.3) is 0 Å². The number of aryl methyl sites for hydroxylation is 1. The van der Waals surface area contributed by atoms with Crippen molar-refractivity contribution in [2.45, 2.75) is 20.3 Å². The second kappa shape index (κ2) is 5.87. The first-order valence-corrected chi connectivity index (χ1v) is 6.63. The average Bonchev–Trinajstić information content (AvgIpc) is 2.38. The first kappa shape index (κ1) is 12.9. The van der Waals surface area contributed by atoms with Gasteiger partial charge in [-0.2, -0.15) is 0 Å². The average molecular weight is 242 g/mol. The predicted molar refractivity (Wildman–Crippen MR) is 80.0 cm³/mol. The summed E-state index contributed by atoms with van der Waals surface area (Å²) in [6.07, 6.45) is 1.11. The van der Waals surface area contributed by atoms with E-state index >= 15 is 0 Å². The normalized spacial score (nSPS) is 12.6. The molecule has 18 heavy (non-hydrogen) atoms. The number of hydrogen-bond donors (Lipinski definition) is 2. The summed E-state index contributed by atoms with van der Waals surface area (Å²) in [5.74, 6) is 0.584. The lowest BCUT2D eigenvalue weighted by molar-refractivity contribution is 0.561. The van der Waals surface area contributed by atoms with Crippen molar-refractivity contribution in [3.05, 3.63) is 42.0 Å². The van der Waals surface area contributed by atoms with Gasteiger partial charge in [0.15, 0.2) is 0 Å². The van der Waals surface area contributed by atoms with Crippen molar-refractivity contribution in [3.63, 3.8) is 0 Å². The molecule has 0 fully saturated rings. The molecule has 1 atom stereocenters. The van der Waals surface area contributed by atoms with Gasteiger partial charge in [-0.15, -0.1) is 0 Å². The van der Waals surface area contributed by atoms with Crippen LogP contribution in [0.25, 0.3) is 10.8 Å². The summed E-state index contributed by atoms with van der Waals surface area (Å²) in [5, 5.41) is 6.05. The molecule has 0 spiro atoms. The number of anilines is 1. The highest BCUT2D eigenvalue weighted by Crippen LogP contribution is 2.20. The number of fused-ring (bicyclic) bond motifs is 1. The van der Waals surface area contributed by atoms with E-state index in [9.17, 15) is 0 Å². The highest BCUT2D eigenvalue weighted by Gasteiger charge is 2.00. The molecule has 2 aromatic carbocycles. The molecule has 3 N–H and O–H groups in total. The number of nitrogens with one attached hydrogen (secondary N) is 1. The maximum absolute atomic E-state index is 5.61. The molecular weight excluding hydrogens is 220 g/mol. The Labute approximate surface area is 109 Å². The molecule has 2 heteroatoms. The Morgan fingerprint density at radius 1 is 1.11 bits per heavy atom. The maximum Gasteiger partial charge on any atom is 0.0346 e. The second-order valence-electron chi connectivity index (χ2n) is 5.12. The van der Waals surface area contributed by atoms with Gasteiger partial charge in [0.2, 0.25) is 0 Å². The van der Waals surface area contributed by atoms with Crippen molar-refractivity contribution in [3.8, 4) is 0 Å². The van der Waals surface area contributed by atoms with Gasteiger partial charge in [-0.1, -0.05) is 36.8 Å². The summed E-state index contributed by atoms with van der Waals surface area (Å²) in [6.45, 7) is 6.05. The number of nitrogens with two attached hydrogens (primary N) is 1. The van der Waals surface area contributed by atoms with Crippen LogP contribution in [0.2, 0.25) is 0 Å². The van der Waals surface area contributed by atoms with Crippen LogP contribution in [-0.2, 0) is 0 Å². The molecule has 0 saturated heterocycles. The minimum atomic E-state index is 0.584. The molecule has 0 radical (unpaired) electrons. The fourth-order valence-corrected chi connectivity index (χ4v) is 2.06. The largest absolute Gasteiger partial charge is 0.385 e. The van der Waals surface area contributed by atoms with E-state index in [1.165, 1.54) is 22.0 Å². The Morgan fingerprint density at radius 2 is 1.83 bits per heavy atom. The molecule has 0 saturated carbocycles. The quantitative estimate of drug-likeness (QED) is 0.841. The highest BCUT2D eigenvalue weighted by molar-refractivity contribution is 5.86. The summed E-state index contributed by atoms with van der Waals surface area (Å²) in [7, 11) is 0. The fourth-order valence-electron chi connectivity index (χ4n) is 2.06. The van der Waals surface area contributed by atoms with Gasteiger partial charge < -0.3 is 11.1 Å². The van der Waals surface area contributed by atoms with Gasteiger partial charge in [0.05, 0.1) is 0 Å². The zero-order chi connectivity index (χ0) is 13.0. The van der Waals surface area contributed by atoms with Crippen LogP contribution in [0.15, 0.2) is 36.4 Å². The van der Waals surface area contributed by atoms with Crippen molar-refractivity contribution in [1.29, 1.82) is 0 Å². The van der Waals surface area contributed by atoms with Crippen molar-refractivity contribution in [2.24, 2.45) is 11.7 Å². The number of benzene rings is 2. The smallest absolute Gasteiger partial charge is 0.0346 e. The van der Waals surface area contributed by atoms with E-state index in [2.05, 4.69) is 55.6 Å². The van der Waals surface area contributed by atoms with Crippen LogP contribution in [0, 0.1) is 12.8 Å². The van der Waals surface area contributed by atoms with Crippen LogP contribution in [0.1, 0.15) is 18.9 Å². The summed E-state index contributed by atoms with van der Waals surface area (Å²) < 4.78 is 0. The van der Waals surface area contributed by atoms with Gasteiger partial charge in [-0.05, 0) is 48.7 Å². The summed E-state index contributed by atoms with van der Waals surface area (Å²) in [6, 6.07) is 13.1. The number of hydrogen-bond acceptors (Lipinski definition) is 2. The molecule has 0 heterocycles. The van der Waals surface area contributed by atoms with Gasteiger partial charge in [0.1, 0.15) is 0 Å². The Balaban J connectivity index is 2.04. The lowest BCUT2D eigenvalue weighted by Crippen LogP contribution is -2.14. The minimum Gasteiger partial charge on any atom is -0.385 e. The van der Waals surface area contributed by atoms with Crippen LogP contribution in [0.3, 0.4) is 0 Å². The molecule has 1 unspecified atom stereocenters. The Morgan fingerprint density at radius 3 is 2.61 bits per heavy atom. The van der Waals surface area contributed by atoms with E-state index in [1.54, 1.807) is 0 Å². The third kappa shape index (κ3) is 3.23. The zero-order valence-electron chi connectivity index (χ0n) is 11.2. The Bertz CT molecular complexity index is 519. The molecule has 2 rings (SSSR count). The summed E-state index contributed by atoms with van der Waals surface area (Å²) >= 11 is 0. The van der Waals surface area contributed by atoms with Gasteiger partial charge in [0, 0.05) is 12.2 Å². The van der Waals surface area contributed by atoms with Crippen LogP contribution in [0.4, 0.5) is 5.69 Å². The highest BCUT2D eigenvalue weighted by atomic mass is 14.9. The van der Waals surface area contributed by atoms with Crippen molar-refractivity contribution < 1.29 is 0 Å². The standard InChI is InChI=1S/C16H22N2/c1-12-3-4-15-10-16(6-5-14(15)9-12)18-8-7-13(2)11-17/h3-6,9-10,13,18H,7-8,11,17H2,1-2H3. The van der Waals surface area contributed by atoms with Crippen LogP contribution >= 0.6 is 0 Å². The molecule has 0 bridgehead atoms. The van der Waals surface area contributed by atoms with Gasteiger partial charge >= 0.3 is 0 Å². The molecule has 2 aromatic rings. The molecule has 0 amide bonds. The fraction of sp³-hybridized carbons (Fsp3) is 0.375. The molecule has 2 nitrogen and oxygen atoms in total. The van der Waals surface area contributed by atoms with Crippen molar-refractivity contribution in [1.82, 2.24) is 0 Å². The molecule has 0 aromatic heterocycles. The molecular formula is C16H22N2. The van der Waals surface area contributed by atoms with Crippen molar-refractivity contribution in [2.75, 3.05) is 18.4 Å². The molecule has 0 aliphatic carbocycles. The van der Waals surface area contributed by atoms with E-state index in [0.717, 1.165) is 19.5 Å². The Hall–Kier alpha value is -1.54. The van der Waals surface area contributed by atoms with E-state index in [-0.39, 0.29) is 0 Å². The van der Waals surface area contributed by atoms with E-state index in [0.29, 0.717) is 5.92 Å². The van der Waals surface area contributed by atoms with E-state index in [1.807, 2.05) is 0 Å². The van der Waals surface area contributed by atoms with E-state index < -0.39 is 0 Å². The molecule has 0 aliphatic rings. The lowest BCUT2D eigenvalue weighted by atomic mass is 10.1. The monoisotopic (exact) mass is 242 g/mol. The third-order valence-corrected chi connectivity index (χ3v) is 3.36. The first-order valence-electron chi connectivity index (χ1n) is 6.63. The Kier molecular flexibility index (Phi) is 4.21. The lowest BCUT2D eigenvalue weighted by Gasteiger charge is -2.11. The van der Waals surface area contributed by atoms with Gasteiger partial charge in [-0.25, -0.2) is 0 Å². The van der Waals surface area contributed by atoms with Crippen molar-refractivity contribution >= 4 is 16.5 Å². The zero-order valence-corrected chi connectivity index (χ0v) is 11.2. The molecule has 0 aliphatic heterocycles. The number of rotatable bonds is 5. The van der Waals surface area contributed by atoms with Crippen LogP contribution in [-0.4, -0.2) is 13.1 Å². The third-order valence-electron chi connectivity index (χ3n) is 3.36. The predicted octanol–water partition coefficient (Wildman–Crippen LogP) is 3.55. The summed E-state index contributed by atoms with van der Waals surface area (Å²) in [4.78, 5) is 0. The van der Waals surface area contributed by atoms with E-state index in [4.69, 9.17) is 5.73 Å². The topological polar surface area (TPSA) is 38.0 Å². The van der Waals surface area contributed by atoms with Crippen LogP contribution < -0.4 is 11.1 Å². The van der Waals surface area contributed by atoms with Gasteiger partial charge in [-0.3, -0.25) is 0 Å². The first-order chi connectivity index (χ1) is 8.69. The second-order valence-corrected chi connectivity index (χ2v) is 5.12. The van der Waals surface area contributed by atoms with Crippen LogP contribution in [0.5, 0.6) is 0 Å².